The maximum atomic E-state index is 12.5. The van der Waals surface area contributed by atoms with E-state index < -0.39 is 0 Å². The summed E-state index contributed by atoms with van der Waals surface area (Å²) in [5, 5.41) is 0. The first-order valence-electron chi connectivity index (χ1n) is 9.34. The number of hydrogen-bond donors (Lipinski definition) is 0. The molecular formula is C18H32N2O3. The highest BCUT2D eigenvalue weighted by Gasteiger charge is 2.36. The Morgan fingerprint density at radius 2 is 1.96 bits per heavy atom. The number of morpholine rings is 1. The topological polar surface area (TPSA) is 42.0 Å². The number of ether oxygens (including phenoxy) is 2. The van der Waals surface area contributed by atoms with Gasteiger partial charge >= 0.3 is 0 Å². The van der Waals surface area contributed by atoms with Crippen molar-refractivity contribution in [3.05, 3.63) is 0 Å². The molecule has 0 aromatic carbocycles. The van der Waals surface area contributed by atoms with Crippen molar-refractivity contribution in [2.75, 3.05) is 46.0 Å². The van der Waals surface area contributed by atoms with Gasteiger partial charge in [0, 0.05) is 32.2 Å². The molecule has 1 amide bonds. The Kier molecular flexibility index (Phi) is 5.94. The monoisotopic (exact) mass is 324 g/mol. The summed E-state index contributed by atoms with van der Waals surface area (Å²) in [6.07, 6.45) is 5.06. The molecular weight excluding hydrogens is 292 g/mol. The molecule has 4 atom stereocenters. The van der Waals surface area contributed by atoms with Crippen molar-refractivity contribution in [1.29, 1.82) is 0 Å². The normalized spacial score (nSPS) is 36.3. The summed E-state index contributed by atoms with van der Waals surface area (Å²) in [5.41, 5.74) is 0. The van der Waals surface area contributed by atoms with Gasteiger partial charge in [-0.05, 0) is 24.7 Å². The lowest BCUT2D eigenvalue weighted by molar-refractivity contribution is -0.138. The van der Waals surface area contributed by atoms with E-state index in [1.54, 1.807) is 0 Å². The average molecular weight is 324 g/mol. The number of likely N-dealkylation sites (tertiary alicyclic amines) is 1. The molecule has 2 aliphatic heterocycles. The van der Waals surface area contributed by atoms with Gasteiger partial charge in [-0.1, -0.05) is 26.7 Å². The molecule has 0 radical (unpaired) electrons. The van der Waals surface area contributed by atoms with Gasteiger partial charge in [0.05, 0.1) is 19.3 Å². The van der Waals surface area contributed by atoms with Crippen molar-refractivity contribution in [1.82, 2.24) is 9.80 Å². The van der Waals surface area contributed by atoms with Gasteiger partial charge < -0.3 is 14.4 Å². The summed E-state index contributed by atoms with van der Waals surface area (Å²) in [6, 6.07) is 0.484. The van der Waals surface area contributed by atoms with E-state index in [1.807, 2.05) is 4.90 Å². The highest BCUT2D eigenvalue weighted by molar-refractivity contribution is 5.77. The van der Waals surface area contributed by atoms with E-state index >= 15 is 0 Å². The molecule has 5 nitrogen and oxygen atoms in total. The molecule has 3 aliphatic rings. The third kappa shape index (κ3) is 4.46. The predicted molar refractivity (Wildman–Crippen MR) is 89.3 cm³/mol. The molecule has 5 heteroatoms. The fraction of sp³-hybridized carbons (Fsp3) is 0.944. The van der Waals surface area contributed by atoms with Crippen molar-refractivity contribution in [2.45, 2.75) is 51.7 Å². The first-order chi connectivity index (χ1) is 11.1. The van der Waals surface area contributed by atoms with Crippen LogP contribution in [0.2, 0.25) is 0 Å². The van der Waals surface area contributed by atoms with E-state index in [0.29, 0.717) is 12.0 Å². The van der Waals surface area contributed by atoms with E-state index in [-0.39, 0.29) is 18.6 Å². The van der Waals surface area contributed by atoms with Crippen LogP contribution in [0.3, 0.4) is 0 Å². The van der Waals surface area contributed by atoms with Crippen molar-refractivity contribution in [3.63, 3.8) is 0 Å². The van der Waals surface area contributed by atoms with E-state index in [0.717, 1.165) is 58.2 Å². The van der Waals surface area contributed by atoms with Gasteiger partial charge in [-0.2, -0.15) is 0 Å². The summed E-state index contributed by atoms with van der Waals surface area (Å²) in [6.45, 7) is 10.2. The number of carbonyl (C=O) groups is 1. The SMILES string of the molecule is C[C@@H]1CCC[C@H](OCC(=O)N2C[C@@H](N3CCOCC3)[C@@H](C)C2)C1. The third-order valence-electron chi connectivity index (χ3n) is 5.77. The first kappa shape index (κ1) is 17.2. The van der Waals surface area contributed by atoms with Crippen molar-refractivity contribution in [2.24, 2.45) is 11.8 Å². The van der Waals surface area contributed by atoms with Gasteiger partial charge in [0.25, 0.3) is 0 Å². The highest BCUT2D eigenvalue weighted by Crippen LogP contribution is 2.26. The Bertz CT molecular complexity index is 398. The summed E-state index contributed by atoms with van der Waals surface area (Å²) in [5.74, 6) is 1.44. The number of nitrogens with zero attached hydrogens (tertiary/aromatic N) is 2. The fourth-order valence-electron chi connectivity index (χ4n) is 4.35. The number of hydrogen-bond acceptors (Lipinski definition) is 4. The van der Waals surface area contributed by atoms with Crippen molar-refractivity contribution in [3.8, 4) is 0 Å². The average Bonchev–Trinajstić information content (AvgIpc) is 2.95. The van der Waals surface area contributed by atoms with Crippen LogP contribution in [-0.2, 0) is 14.3 Å². The molecule has 0 aromatic rings. The van der Waals surface area contributed by atoms with Gasteiger partial charge in [0.1, 0.15) is 6.61 Å². The molecule has 1 saturated carbocycles. The van der Waals surface area contributed by atoms with Crippen LogP contribution in [0.1, 0.15) is 39.5 Å². The van der Waals surface area contributed by atoms with Crippen LogP contribution in [0.25, 0.3) is 0 Å². The van der Waals surface area contributed by atoms with Crippen LogP contribution in [0.15, 0.2) is 0 Å². The molecule has 1 aliphatic carbocycles. The molecule has 3 fully saturated rings. The predicted octanol–water partition coefficient (Wildman–Crippen LogP) is 1.76. The number of amides is 1. The lowest BCUT2D eigenvalue weighted by Gasteiger charge is -2.34. The lowest BCUT2D eigenvalue weighted by Crippen LogP contribution is -2.47. The van der Waals surface area contributed by atoms with Crippen LogP contribution in [0.5, 0.6) is 0 Å². The molecule has 0 bridgehead atoms. The fourth-order valence-corrected chi connectivity index (χ4v) is 4.35. The zero-order chi connectivity index (χ0) is 16.2. The van der Waals surface area contributed by atoms with Crippen molar-refractivity contribution < 1.29 is 14.3 Å². The van der Waals surface area contributed by atoms with E-state index in [4.69, 9.17) is 9.47 Å². The number of carbonyl (C=O) groups excluding carboxylic acids is 1. The van der Waals surface area contributed by atoms with Crippen LogP contribution in [-0.4, -0.2) is 73.9 Å². The molecule has 23 heavy (non-hydrogen) atoms. The lowest BCUT2D eigenvalue weighted by atomic mass is 9.89. The van der Waals surface area contributed by atoms with E-state index in [1.165, 1.54) is 12.8 Å². The van der Waals surface area contributed by atoms with E-state index in [2.05, 4.69) is 18.7 Å². The van der Waals surface area contributed by atoms with Gasteiger partial charge in [-0.25, -0.2) is 0 Å². The Labute approximate surface area is 140 Å². The van der Waals surface area contributed by atoms with Crippen LogP contribution in [0.4, 0.5) is 0 Å². The Morgan fingerprint density at radius 1 is 1.17 bits per heavy atom. The van der Waals surface area contributed by atoms with Crippen LogP contribution in [0, 0.1) is 11.8 Å². The summed E-state index contributed by atoms with van der Waals surface area (Å²) in [4.78, 5) is 17.0. The second-order valence-corrected chi connectivity index (χ2v) is 7.70. The zero-order valence-electron chi connectivity index (χ0n) is 14.7. The molecule has 0 N–H and O–H groups in total. The molecule has 132 valence electrons. The standard InChI is InChI=1S/C18H32N2O3/c1-14-4-3-5-16(10-14)23-13-18(21)20-11-15(2)17(12-20)19-6-8-22-9-7-19/h14-17H,3-13H2,1-2H3/t14-,15+,16+,17-/m1/s1. The molecule has 3 rings (SSSR count). The minimum absolute atomic E-state index is 0.172. The summed E-state index contributed by atoms with van der Waals surface area (Å²) in [7, 11) is 0. The second-order valence-electron chi connectivity index (χ2n) is 7.70. The van der Waals surface area contributed by atoms with Crippen LogP contribution >= 0.6 is 0 Å². The maximum absolute atomic E-state index is 12.5. The molecule has 2 saturated heterocycles. The first-order valence-corrected chi connectivity index (χ1v) is 9.34. The highest BCUT2D eigenvalue weighted by atomic mass is 16.5. The minimum atomic E-state index is 0.172. The Balaban J connectivity index is 1.44. The van der Waals surface area contributed by atoms with Gasteiger partial charge in [-0.15, -0.1) is 0 Å². The van der Waals surface area contributed by atoms with Crippen molar-refractivity contribution >= 4 is 5.91 Å². The van der Waals surface area contributed by atoms with Gasteiger partial charge in [-0.3, -0.25) is 9.69 Å². The second kappa shape index (κ2) is 7.95. The molecule has 0 aromatic heterocycles. The summed E-state index contributed by atoms with van der Waals surface area (Å²) >= 11 is 0. The smallest absolute Gasteiger partial charge is 0.248 e. The molecule has 0 unspecified atom stereocenters. The van der Waals surface area contributed by atoms with E-state index in [9.17, 15) is 4.79 Å². The Hall–Kier alpha value is -0.650. The largest absolute Gasteiger partial charge is 0.379 e. The summed E-state index contributed by atoms with van der Waals surface area (Å²) < 4.78 is 11.4. The third-order valence-corrected chi connectivity index (χ3v) is 5.77. The molecule has 0 spiro atoms. The van der Waals surface area contributed by atoms with Gasteiger partial charge in [0.2, 0.25) is 5.91 Å². The van der Waals surface area contributed by atoms with Gasteiger partial charge in [0.15, 0.2) is 0 Å². The maximum Gasteiger partial charge on any atom is 0.248 e. The zero-order valence-corrected chi connectivity index (χ0v) is 14.7. The minimum Gasteiger partial charge on any atom is -0.379 e. The number of rotatable bonds is 4. The molecule has 2 heterocycles. The van der Waals surface area contributed by atoms with Crippen LogP contribution < -0.4 is 0 Å². The quantitative estimate of drug-likeness (QED) is 0.790. The Morgan fingerprint density at radius 3 is 2.70 bits per heavy atom.